The molecule has 7 aromatic rings. The molecule has 4 heteroatoms. The smallest absolute Gasteiger partial charge is 0.308 e. The Morgan fingerprint density at radius 3 is 1.63 bits per heavy atom. The van der Waals surface area contributed by atoms with Crippen molar-refractivity contribution in [1.29, 1.82) is 0 Å². The average molecular weight is 847 g/mol. The monoisotopic (exact) mass is 847 g/mol. The van der Waals surface area contributed by atoms with Gasteiger partial charge in [0.05, 0.1) is 0 Å². The van der Waals surface area contributed by atoms with Crippen molar-refractivity contribution in [3.63, 3.8) is 0 Å². The van der Waals surface area contributed by atoms with E-state index in [9.17, 15) is 0 Å². The van der Waals surface area contributed by atoms with Gasteiger partial charge in [-0.15, -0.1) is 108 Å². The third-order valence-electron chi connectivity index (χ3n) is 11.3. The van der Waals surface area contributed by atoms with E-state index in [1.54, 1.807) is 5.57 Å². The van der Waals surface area contributed by atoms with Gasteiger partial charge in [-0.2, -0.15) is 0 Å². The molecular formula is C48H36IrN3. The zero-order valence-corrected chi connectivity index (χ0v) is 31.2. The van der Waals surface area contributed by atoms with Crippen molar-refractivity contribution in [3.05, 3.63) is 193 Å². The van der Waals surface area contributed by atoms with Crippen molar-refractivity contribution in [3.8, 4) is 22.5 Å². The molecular weight excluding hydrogens is 811 g/mol. The second-order valence-corrected chi connectivity index (χ2v) is 14.0. The second kappa shape index (κ2) is 14.4. The van der Waals surface area contributed by atoms with Crippen LogP contribution in [0.2, 0.25) is 0 Å². The summed E-state index contributed by atoms with van der Waals surface area (Å²) in [5, 5.41) is 4.76. The number of rotatable bonds is 3. The first-order chi connectivity index (χ1) is 25.1. The minimum absolute atomic E-state index is 0. The fourth-order valence-corrected chi connectivity index (χ4v) is 8.43. The van der Waals surface area contributed by atoms with Gasteiger partial charge in [-0.25, -0.2) is 0 Å². The van der Waals surface area contributed by atoms with E-state index in [0.717, 1.165) is 34.4 Å². The van der Waals surface area contributed by atoms with Crippen molar-refractivity contribution in [2.24, 2.45) is 28.2 Å². The van der Waals surface area contributed by atoms with E-state index in [2.05, 4.69) is 95.9 Å². The molecule has 0 amide bonds. The molecule has 52 heavy (non-hydrogen) atoms. The minimum Gasteiger partial charge on any atom is -0.308 e. The Kier molecular flexibility index (Phi) is 9.36. The van der Waals surface area contributed by atoms with E-state index in [-0.39, 0.29) is 20.1 Å². The maximum Gasteiger partial charge on any atom is 3.00 e. The zero-order chi connectivity index (χ0) is 34.2. The average Bonchev–Trinajstić information content (AvgIpc) is 3.44. The molecule has 3 nitrogen and oxygen atoms in total. The zero-order valence-electron chi connectivity index (χ0n) is 28.8. The van der Waals surface area contributed by atoms with Crippen LogP contribution in [-0.2, 0) is 20.1 Å². The van der Waals surface area contributed by atoms with Crippen LogP contribution in [0.3, 0.4) is 0 Å². The molecule has 4 unspecified atom stereocenters. The van der Waals surface area contributed by atoms with E-state index in [1.807, 2.05) is 97.3 Å². The molecule has 2 saturated carbocycles. The fraction of sp³-hybridized carbons (Fsp3) is 0.146. The summed E-state index contributed by atoms with van der Waals surface area (Å²) in [5.74, 6) is 2.15. The molecule has 4 aliphatic carbocycles. The van der Waals surface area contributed by atoms with Gasteiger partial charge in [0.25, 0.3) is 0 Å². The van der Waals surface area contributed by atoms with Gasteiger partial charge in [-0.1, -0.05) is 73.7 Å². The van der Waals surface area contributed by atoms with Gasteiger partial charge in [0.1, 0.15) is 0 Å². The number of allylic oxidation sites excluding steroid dienone is 3. The summed E-state index contributed by atoms with van der Waals surface area (Å²) in [6.07, 6.45) is 11.2. The van der Waals surface area contributed by atoms with Crippen molar-refractivity contribution < 1.29 is 20.1 Å². The SMILES string of the molecule is CC12C3CC4=CC1C(c1[c-]cccc1)=NC=C4C2C3.[Ir+3].[c-]1ccccc1-c1cc2ccccc2cn1.[c-]1ccccc1-c1cc2ccccc2cn1. The van der Waals surface area contributed by atoms with Gasteiger partial charge in [-0.3, -0.25) is 0 Å². The number of aliphatic imine (C=N–C) groups is 1. The van der Waals surface area contributed by atoms with Crippen LogP contribution in [0.5, 0.6) is 0 Å². The summed E-state index contributed by atoms with van der Waals surface area (Å²) in [7, 11) is 0. The van der Waals surface area contributed by atoms with Gasteiger partial charge in [0.2, 0.25) is 0 Å². The number of fused-ring (bicyclic) bond motifs is 3. The number of pyridine rings is 2. The van der Waals surface area contributed by atoms with Crippen LogP contribution < -0.4 is 0 Å². The van der Waals surface area contributed by atoms with Crippen molar-refractivity contribution in [2.75, 3.05) is 0 Å². The molecule has 0 saturated heterocycles. The summed E-state index contributed by atoms with van der Waals surface area (Å²) in [5.41, 5.74) is 9.97. The summed E-state index contributed by atoms with van der Waals surface area (Å²) < 4.78 is 0. The second-order valence-electron chi connectivity index (χ2n) is 14.0. The number of hydrogen-bond acceptors (Lipinski definition) is 3. The predicted octanol–water partition coefficient (Wildman–Crippen LogP) is 11.2. The summed E-state index contributed by atoms with van der Waals surface area (Å²) in [4.78, 5) is 13.7. The van der Waals surface area contributed by atoms with Crippen molar-refractivity contribution in [2.45, 2.75) is 19.8 Å². The van der Waals surface area contributed by atoms with Gasteiger partial charge in [0, 0.05) is 18.6 Å². The third kappa shape index (κ3) is 6.17. The number of aromatic nitrogens is 2. The Balaban J connectivity index is 0.000000111. The quantitative estimate of drug-likeness (QED) is 0.166. The predicted molar refractivity (Wildman–Crippen MR) is 208 cm³/mol. The molecule has 0 N–H and O–H groups in total. The molecule has 252 valence electrons. The van der Waals surface area contributed by atoms with Crippen LogP contribution in [0.4, 0.5) is 0 Å². The van der Waals surface area contributed by atoms with E-state index >= 15 is 0 Å². The normalized spacial score (nSPS) is 21.5. The number of nitrogens with zero attached hydrogens (tertiary/aromatic N) is 3. The molecule has 2 aliphatic heterocycles. The van der Waals surface area contributed by atoms with Gasteiger partial charge in [0.15, 0.2) is 0 Å². The number of benzene rings is 5. The molecule has 5 aromatic carbocycles. The van der Waals surface area contributed by atoms with E-state index in [0.29, 0.717) is 11.3 Å². The molecule has 6 aliphatic rings. The summed E-state index contributed by atoms with van der Waals surface area (Å²) >= 11 is 0. The molecule has 2 aromatic heterocycles. The maximum absolute atomic E-state index is 4.85. The first kappa shape index (κ1) is 33.8. The molecule has 0 radical (unpaired) electrons. The van der Waals surface area contributed by atoms with Crippen molar-refractivity contribution in [1.82, 2.24) is 9.97 Å². The maximum atomic E-state index is 4.85. The van der Waals surface area contributed by atoms with E-state index in [1.165, 1.54) is 51.2 Å². The Bertz CT molecular complexity index is 2340. The first-order valence-corrected chi connectivity index (χ1v) is 17.7. The molecule has 4 atom stereocenters. The largest absolute Gasteiger partial charge is 3.00 e. The number of hydrogen-bond donors (Lipinski definition) is 0. The van der Waals surface area contributed by atoms with Gasteiger partial charge < -0.3 is 15.0 Å². The molecule has 13 rings (SSSR count). The van der Waals surface area contributed by atoms with Crippen LogP contribution in [-0.4, -0.2) is 15.7 Å². The summed E-state index contributed by atoms with van der Waals surface area (Å²) in [6, 6.07) is 54.5. The van der Waals surface area contributed by atoms with Crippen LogP contribution in [0.1, 0.15) is 25.3 Å². The standard InChI is InChI=1S/C18H16N.2C15H10N.Ir/c1-18-13-7-12-8-16(18)17(11-5-3-2-4-6-11)19-10-14(12)15(18)9-13;2*1-2-6-12(7-3-1)15-10-13-8-4-5-9-14(13)11-16-15;/h2-5,8,10,13,15-16H,7,9H2,1H3;2*1-6,8-11H;/q3*-1;+3. The van der Waals surface area contributed by atoms with Crippen LogP contribution >= 0.6 is 0 Å². The minimum atomic E-state index is 0. The Morgan fingerprint density at radius 2 is 1.12 bits per heavy atom. The third-order valence-corrected chi connectivity index (χ3v) is 11.3. The van der Waals surface area contributed by atoms with E-state index in [4.69, 9.17) is 4.99 Å². The van der Waals surface area contributed by atoms with Crippen LogP contribution in [0.25, 0.3) is 44.1 Å². The first-order valence-electron chi connectivity index (χ1n) is 17.7. The molecule has 2 fully saturated rings. The summed E-state index contributed by atoms with van der Waals surface area (Å²) in [6.45, 7) is 2.49. The topological polar surface area (TPSA) is 38.1 Å². The Morgan fingerprint density at radius 1 is 0.615 bits per heavy atom. The van der Waals surface area contributed by atoms with Gasteiger partial charge in [-0.05, 0) is 85.8 Å². The Hall–Kier alpha value is -5.28. The van der Waals surface area contributed by atoms with Crippen LogP contribution in [0, 0.1) is 41.4 Å². The molecule has 0 spiro atoms. The van der Waals surface area contributed by atoms with Crippen molar-refractivity contribution >= 4 is 27.3 Å². The molecule has 6 bridgehead atoms. The molecule has 4 heterocycles. The fourth-order valence-electron chi connectivity index (χ4n) is 8.43. The Labute approximate surface area is 319 Å². The van der Waals surface area contributed by atoms with Gasteiger partial charge >= 0.3 is 20.1 Å². The van der Waals surface area contributed by atoms with E-state index < -0.39 is 0 Å². The van der Waals surface area contributed by atoms with Crippen LogP contribution in [0.15, 0.2) is 174 Å².